The van der Waals surface area contributed by atoms with Crippen LogP contribution in [0.5, 0.6) is 5.75 Å². The summed E-state index contributed by atoms with van der Waals surface area (Å²) in [6, 6.07) is 16.2. The smallest absolute Gasteiger partial charge is 0.328 e. The third kappa shape index (κ3) is 4.92. The molecule has 1 atom stereocenters. The first kappa shape index (κ1) is 24.1. The number of carbonyl (C=O) groups excluding carboxylic acids is 3. The van der Waals surface area contributed by atoms with E-state index in [1.807, 2.05) is 42.5 Å². The lowest BCUT2D eigenvalue weighted by Crippen LogP contribution is -2.42. The molecule has 2 amide bonds. The van der Waals surface area contributed by atoms with Crippen molar-refractivity contribution in [1.82, 2.24) is 4.90 Å². The third-order valence-electron chi connectivity index (χ3n) is 5.27. The number of amides is 2. The number of fused-ring (bicyclic) bond motifs is 1. The van der Waals surface area contributed by atoms with Gasteiger partial charge in [0.25, 0.3) is 11.1 Å². The van der Waals surface area contributed by atoms with Crippen LogP contribution in [0, 0.1) is 0 Å². The number of rotatable bonds is 6. The molecule has 0 spiro atoms. The largest absolute Gasteiger partial charge is 0.486 e. The van der Waals surface area contributed by atoms with Crippen molar-refractivity contribution < 1.29 is 23.9 Å². The van der Waals surface area contributed by atoms with Gasteiger partial charge in [-0.05, 0) is 64.9 Å². The number of imide groups is 1. The number of carbonyl (C=O) groups is 3. The molecule has 1 aliphatic heterocycles. The minimum Gasteiger partial charge on any atom is -0.486 e. The number of hydrogen-bond donors (Lipinski definition) is 0. The van der Waals surface area contributed by atoms with Crippen molar-refractivity contribution in [3.8, 4) is 5.75 Å². The van der Waals surface area contributed by atoms with E-state index in [0.29, 0.717) is 11.3 Å². The summed E-state index contributed by atoms with van der Waals surface area (Å²) in [6.07, 6.45) is 1.50. The lowest BCUT2D eigenvalue weighted by Gasteiger charge is -2.18. The zero-order valence-electron chi connectivity index (χ0n) is 18.2. The van der Waals surface area contributed by atoms with Crippen molar-refractivity contribution in [3.05, 3.63) is 80.7 Å². The molecule has 0 N–H and O–H groups in total. The molecule has 0 unspecified atom stereocenters. The van der Waals surface area contributed by atoms with E-state index in [4.69, 9.17) is 27.9 Å². The van der Waals surface area contributed by atoms with Gasteiger partial charge in [-0.25, -0.2) is 4.79 Å². The second-order valence-corrected chi connectivity index (χ2v) is 9.34. The molecular formula is C25H19Cl2NO5S. The van der Waals surface area contributed by atoms with E-state index in [0.717, 1.165) is 33.0 Å². The number of halogens is 2. The number of benzene rings is 3. The van der Waals surface area contributed by atoms with Crippen LogP contribution in [0.2, 0.25) is 10.0 Å². The van der Waals surface area contributed by atoms with E-state index in [1.165, 1.54) is 20.1 Å². The van der Waals surface area contributed by atoms with E-state index < -0.39 is 23.2 Å². The molecule has 0 radical (unpaired) electrons. The van der Waals surface area contributed by atoms with E-state index in [2.05, 4.69) is 4.74 Å². The number of hydrogen-bond acceptors (Lipinski definition) is 6. The van der Waals surface area contributed by atoms with Gasteiger partial charge in [0, 0.05) is 0 Å². The predicted molar refractivity (Wildman–Crippen MR) is 134 cm³/mol. The van der Waals surface area contributed by atoms with Crippen LogP contribution in [0.25, 0.3) is 16.8 Å². The van der Waals surface area contributed by atoms with Gasteiger partial charge in [0.15, 0.2) is 5.75 Å². The molecular weight excluding hydrogens is 497 g/mol. The highest BCUT2D eigenvalue weighted by Gasteiger charge is 2.41. The Bertz CT molecular complexity index is 1320. The van der Waals surface area contributed by atoms with Crippen molar-refractivity contribution in [2.24, 2.45) is 0 Å². The van der Waals surface area contributed by atoms with Gasteiger partial charge >= 0.3 is 5.97 Å². The second kappa shape index (κ2) is 10.1. The van der Waals surface area contributed by atoms with Crippen molar-refractivity contribution in [3.63, 3.8) is 0 Å². The molecule has 9 heteroatoms. The number of esters is 1. The second-order valence-electron chi connectivity index (χ2n) is 7.53. The highest BCUT2D eigenvalue weighted by Crippen LogP contribution is 2.38. The third-order valence-corrected chi connectivity index (χ3v) is 6.71. The van der Waals surface area contributed by atoms with Crippen LogP contribution in [-0.4, -0.2) is 35.2 Å². The van der Waals surface area contributed by atoms with Crippen LogP contribution >= 0.6 is 35.0 Å². The average molecular weight is 516 g/mol. The molecule has 0 aliphatic carbocycles. The molecule has 0 saturated carbocycles. The molecule has 3 aromatic rings. The highest BCUT2D eigenvalue weighted by molar-refractivity contribution is 8.18. The first-order chi connectivity index (χ1) is 16.3. The Labute approximate surface area is 210 Å². The number of thioether (sulfide) groups is 1. The number of nitrogens with zero attached hydrogens (tertiary/aromatic N) is 1. The summed E-state index contributed by atoms with van der Waals surface area (Å²) in [5.41, 5.74) is 1.48. The summed E-state index contributed by atoms with van der Waals surface area (Å²) < 4.78 is 10.5. The molecule has 0 aromatic heterocycles. The van der Waals surface area contributed by atoms with Gasteiger partial charge in [-0.15, -0.1) is 0 Å². The summed E-state index contributed by atoms with van der Waals surface area (Å²) in [5.74, 6) is -0.944. The van der Waals surface area contributed by atoms with Gasteiger partial charge in [-0.3, -0.25) is 14.5 Å². The minimum atomic E-state index is -1.03. The summed E-state index contributed by atoms with van der Waals surface area (Å²) >= 11 is 13.6. The van der Waals surface area contributed by atoms with Crippen LogP contribution < -0.4 is 4.74 Å². The summed E-state index contributed by atoms with van der Waals surface area (Å²) in [7, 11) is 1.20. The van der Waals surface area contributed by atoms with Gasteiger partial charge in [0.05, 0.1) is 22.1 Å². The van der Waals surface area contributed by atoms with Gasteiger partial charge < -0.3 is 9.47 Å². The molecule has 6 nitrogen and oxygen atoms in total. The van der Waals surface area contributed by atoms with E-state index in [1.54, 1.807) is 12.1 Å². The first-order valence-corrected chi connectivity index (χ1v) is 11.8. The molecule has 1 heterocycles. The maximum atomic E-state index is 12.7. The maximum absolute atomic E-state index is 12.7. The Morgan fingerprint density at radius 1 is 1.06 bits per heavy atom. The highest BCUT2D eigenvalue weighted by atomic mass is 35.5. The fraction of sp³-hybridized carbons (Fsp3) is 0.160. The SMILES string of the molecule is COC(=O)[C@H](C)N1C(=O)S/C(=C/c2cc(Cl)c(OCc3ccc4ccccc4c3)c(Cl)c2)C1=O. The molecule has 34 heavy (non-hydrogen) atoms. The number of methoxy groups -OCH3 is 1. The topological polar surface area (TPSA) is 72.9 Å². The minimum absolute atomic E-state index is 0.151. The van der Waals surface area contributed by atoms with Crippen molar-refractivity contribution in [1.29, 1.82) is 0 Å². The monoisotopic (exact) mass is 515 g/mol. The molecule has 0 bridgehead atoms. The van der Waals surface area contributed by atoms with Crippen LogP contribution in [0.15, 0.2) is 59.5 Å². The van der Waals surface area contributed by atoms with Crippen LogP contribution in [0.1, 0.15) is 18.1 Å². The van der Waals surface area contributed by atoms with Crippen LogP contribution in [-0.2, 0) is 20.9 Å². The van der Waals surface area contributed by atoms with E-state index >= 15 is 0 Å². The number of ether oxygens (including phenoxy) is 2. The summed E-state index contributed by atoms with van der Waals surface area (Å²) in [5, 5.41) is 2.22. The van der Waals surface area contributed by atoms with Gasteiger partial charge in [-0.1, -0.05) is 59.6 Å². The quantitative estimate of drug-likeness (QED) is 0.282. The zero-order chi connectivity index (χ0) is 24.4. The Balaban J connectivity index is 1.52. The average Bonchev–Trinajstić information content (AvgIpc) is 3.09. The lowest BCUT2D eigenvalue weighted by molar-refractivity contribution is -0.148. The van der Waals surface area contributed by atoms with Crippen LogP contribution in [0.3, 0.4) is 0 Å². The van der Waals surface area contributed by atoms with Crippen molar-refractivity contribution in [2.75, 3.05) is 7.11 Å². The summed E-state index contributed by atoms with van der Waals surface area (Å²) in [6.45, 7) is 1.70. The predicted octanol–water partition coefficient (Wildman–Crippen LogP) is 6.32. The summed E-state index contributed by atoms with van der Waals surface area (Å²) in [4.78, 5) is 37.8. The van der Waals surface area contributed by atoms with E-state index in [9.17, 15) is 14.4 Å². The van der Waals surface area contributed by atoms with Crippen molar-refractivity contribution >= 4 is 68.9 Å². The maximum Gasteiger partial charge on any atom is 0.328 e. The Morgan fingerprint density at radius 3 is 2.41 bits per heavy atom. The Hall–Kier alpha value is -3.00. The standard InChI is InChI=1S/C25H19Cl2NO5S/c1-14(24(30)32-2)28-23(29)21(34-25(28)31)12-16-10-19(26)22(20(27)11-16)33-13-15-7-8-17-5-3-4-6-18(17)9-15/h3-12,14H,13H2,1-2H3/b21-12+/t14-/m0/s1. The Kier molecular flexibility index (Phi) is 7.16. The molecule has 174 valence electrons. The molecule has 1 aliphatic rings. The molecule has 3 aromatic carbocycles. The van der Waals surface area contributed by atoms with E-state index in [-0.39, 0.29) is 21.6 Å². The Morgan fingerprint density at radius 2 is 1.74 bits per heavy atom. The van der Waals surface area contributed by atoms with Crippen molar-refractivity contribution in [2.45, 2.75) is 19.6 Å². The first-order valence-electron chi connectivity index (χ1n) is 10.2. The fourth-order valence-electron chi connectivity index (χ4n) is 3.53. The van der Waals surface area contributed by atoms with Gasteiger partial charge in [0.1, 0.15) is 12.6 Å². The fourth-order valence-corrected chi connectivity index (χ4v) is 5.05. The zero-order valence-corrected chi connectivity index (χ0v) is 20.5. The van der Waals surface area contributed by atoms with Gasteiger partial charge in [0.2, 0.25) is 0 Å². The molecule has 1 fully saturated rings. The van der Waals surface area contributed by atoms with Gasteiger partial charge in [-0.2, -0.15) is 0 Å². The normalized spacial score (nSPS) is 15.8. The lowest BCUT2D eigenvalue weighted by atomic mass is 10.1. The van der Waals surface area contributed by atoms with Crippen LogP contribution in [0.4, 0.5) is 4.79 Å². The molecule has 1 saturated heterocycles. The molecule has 4 rings (SSSR count).